The molecule has 0 saturated heterocycles. The first-order chi connectivity index (χ1) is 10.9. The van der Waals surface area contributed by atoms with E-state index >= 15 is 0 Å². The van der Waals surface area contributed by atoms with Crippen LogP contribution in [0.25, 0.3) is 0 Å². The SMILES string of the molecule is CCNC(=NCC(C)(C)SC)NCCc1cccc(OC)c1O.I. The third-order valence-corrected chi connectivity index (χ3v) is 4.74. The van der Waals surface area contributed by atoms with Gasteiger partial charge < -0.3 is 20.5 Å². The molecule has 0 atom stereocenters. The molecule has 1 rings (SSSR count). The number of thioether (sulfide) groups is 1. The van der Waals surface area contributed by atoms with Gasteiger partial charge >= 0.3 is 0 Å². The summed E-state index contributed by atoms with van der Waals surface area (Å²) in [5, 5.41) is 16.7. The summed E-state index contributed by atoms with van der Waals surface area (Å²) in [5.74, 6) is 1.52. The van der Waals surface area contributed by atoms with Crippen molar-refractivity contribution in [3.05, 3.63) is 23.8 Å². The van der Waals surface area contributed by atoms with E-state index in [1.165, 1.54) is 0 Å². The lowest BCUT2D eigenvalue weighted by molar-refractivity contribution is 0.370. The Balaban J connectivity index is 0.00000529. The lowest BCUT2D eigenvalue weighted by Crippen LogP contribution is -2.39. The zero-order chi connectivity index (χ0) is 17.3. The number of phenolic OH excluding ortho intramolecular Hbond substituents is 1. The minimum absolute atomic E-state index is 0. The maximum atomic E-state index is 10.1. The molecule has 0 saturated carbocycles. The van der Waals surface area contributed by atoms with Crippen molar-refractivity contribution in [3.8, 4) is 11.5 Å². The number of hydrogen-bond acceptors (Lipinski definition) is 4. The van der Waals surface area contributed by atoms with Crippen LogP contribution in [0.4, 0.5) is 0 Å². The predicted octanol–water partition coefficient (Wildman–Crippen LogP) is 3.26. The second kappa shape index (κ2) is 11.7. The highest BCUT2D eigenvalue weighted by Crippen LogP contribution is 2.29. The minimum Gasteiger partial charge on any atom is -0.504 e. The number of guanidine groups is 1. The van der Waals surface area contributed by atoms with Crippen molar-refractivity contribution < 1.29 is 9.84 Å². The number of nitrogens with zero attached hydrogens (tertiary/aromatic N) is 1. The number of para-hydroxylation sites is 1. The highest BCUT2D eigenvalue weighted by molar-refractivity contribution is 14.0. The van der Waals surface area contributed by atoms with Crippen molar-refractivity contribution in [2.75, 3.05) is 33.0 Å². The van der Waals surface area contributed by atoms with Crippen LogP contribution < -0.4 is 15.4 Å². The molecule has 1 aromatic carbocycles. The molecule has 0 unspecified atom stereocenters. The quantitative estimate of drug-likeness (QED) is 0.311. The summed E-state index contributed by atoms with van der Waals surface area (Å²) in [4.78, 5) is 4.63. The molecule has 0 amide bonds. The Hall–Kier alpha value is -0.830. The fourth-order valence-electron chi connectivity index (χ4n) is 1.93. The van der Waals surface area contributed by atoms with Crippen molar-refractivity contribution in [2.24, 2.45) is 4.99 Å². The summed E-state index contributed by atoms with van der Waals surface area (Å²) >= 11 is 1.80. The lowest BCUT2D eigenvalue weighted by atomic mass is 10.1. The van der Waals surface area contributed by atoms with E-state index in [1.807, 2.05) is 19.1 Å². The van der Waals surface area contributed by atoms with Gasteiger partial charge in [-0.2, -0.15) is 11.8 Å². The summed E-state index contributed by atoms with van der Waals surface area (Å²) in [6, 6.07) is 5.54. The van der Waals surface area contributed by atoms with Gasteiger partial charge in [-0.15, -0.1) is 24.0 Å². The molecule has 1 aromatic rings. The van der Waals surface area contributed by atoms with Crippen molar-refractivity contribution in [1.29, 1.82) is 0 Å². The normalized spacial score (nSPS) is 11.6. The zero-order valence-corrected chi connectivity index (χ0v) is 18.3. The van der Waals surface area contributed by atoms with E-state index in [4.69, 9.17) is 4.74 Å². The van der Waals surface area contributed by atoms with Gasteiger partial charge in [-0.25, -0.2) is 0 Å². The maximum Gasteiger partial charge on any atom is 0.191 e. The van der Waals surface area contributed by atoms with Gasteiger partial charge in [0.25, 0.3) is 0 Å². The molecular formula is C17H30IN3O2S. The Morgan fingerprint density at radius 2 is 2.04 bits per heavy atom. The second-order valence-corrected chi connectivity index (χ2v) is 7.32. The third kappa shape index (κ3) is 7.83. The molecule has 0 heterocycles. The molecule has 138 valence electrons. The van der Waals surface area contributed by atoms with E-state index in [9.17, 15) is 5.11 Å². The van der Waals surface area contributed by atoms with E-state index in [2.05, 4.69) is 35.7 Å². The number of hydrogen-bond donors (Lipinski definition) is 3. The van der Waals surface area contributed by atoms with Gasteiger partial charge in [0.15, 0.2) is 17.5 Å². The van der Waals surface area contributed by atoms with E-state index in [1.54, 1.807) is 24.9 Å². The molecule has 0 aromatic heterocycles. The average molecular weight is 467 g/mol. The summed E-state index contributed by atoms with van der Waals surface area (Å²) in [5.41, 5.74) is 0.858. The molecular weight excluding hydrogens is 437 g/mol. The molecule has 5 nitrogen and oxygen atoms in total. The molecule has 3 N–H and O–H groups in total. The Kier molecular flexibility index (Phi) is 11.3. The van der Waals surface area contributed by atoms with Gasteiger partial charge in [-0.05, 0) is 45.1 Å². The predicted molar refractivity (Wildman–Crippen MR) is 115 cm³/mol. The molecule has 24 heavy (non-hydrogen) atoms. The number of benzene rings is 1. The summed E-state index contributed by atoms with van der Waals surface area (Å²) in [6.07, 6.45) is 2.79. The standard InChI is InChI=1S/C17H29N3O2S.HI/c1-6-18-16(20-12-17(2,3)23-5)19-11-10-13-8-7-9-14(22-4)15(13)21;/h7-9,21H,6,10-12H2,1-5H3,(H2,18,19,20);1H. The zero-order valence-electron chi connectivity index (χ0n) is 15.2. The summed E-state index contributed by atoms with van der Waals surface area (Å²) in [7, 11) is 1.56. The molecule has 7 heteroatoms. The van der Waals surface area contributed by atoms with Gasteiger partial charge in [-0.1, -0.05) is 12.1 Å². The smallest absolute Gasteiger partial charge is 0.191 e. The highest BCUT2D eigenvalue weighted by atomic mass is 127. The molecule has 0 fully saturated rings. The van der Waals surface area contributed by atoms with Gasteiger partial charge in [0, 0.05) is 17.8 Å². The van der Waals surface area contributed by atoms with E-state index in [0.29, 0.717) is 18.7 Å². The van der Waals surface area contributed by atoms with Gasteiger partial charge in [0.1, 0.15) is 0 Å². The number of methoxy groups -OCH3 is 1. The monoisotopic (exact) mass is 467 g/mol. The van der Waals surface area contributed by atoms with E-state index < -0.39 is 0 Å². The number of ether oxygens (including phenoxy) is 1. The Bertz CT molecular complexity index is 525. The minimum atomic E-state index is 0. The van der Waals surface area contributed by atoms with Crippen LogP contribution >= 0.6 is 35.7 Å². The van der Waals surface area contributed by atoms with Crippen LogP contribution in [0.2, 0.25) is 0 Å². The fraction of sp³-hybridized carbons (Fsp3) is 0.588. The van der Waals surface area contributed by atoms with Crippen molar-refractivity contribution in [2.45, 2.75) is 31.9 Å². The Morgan fingerprint density at radius 1 is 1.33 bits per heavy atom. The van der Waals surface area contributed by atoms with Gasteiger partial charge in [0.2, 0.25) is 0 Å². The fourth-order valence-corrected chi connectivity index (χ4v) is 2.12. The molecule has 0 aliphatic rings. The van der Waals surface area contributed by atoms with Gasteiger partial charge in [0.05, 0.1) is 13.7 Å². The first-order valence-electron chi connectivity index (χ1n) is 7.85. The Labute approximate surface area is 167 Å². The van der Waals surface area contributed by atoms with Crippen molar-refractivity contribution in [3.63, 3.8) is 0 Å². The van der Waals surface area contributed by atoms with Gasteiger partial charge in [-0.3, -0.25) is 4.99 Å². The lowest BCUT2D eigenvalue weighted by Gasteiger charge is -2.20. The van der Waals surface area contributed by atoms with Crippen LogP contribution in [0, 0.1) is 0 Å². The largest absolute Gasteiger partial charge is 0.504 e. The number of halogens is 1. The van der Waals surface area contributed by atoms with Crippen LogP contribution in [0.1, 0.15) is 26.3 Å². The van der Waals surface area contributed by atoms with Crippen LogP contribution in [0.5, 0.6) is 11.5 Å². The summed E-state index contributed by atoms with van der Waals surface area (Å²) in [6.45, 7) is 8.65. The molecule has 0 aliphatic carbocycles. The number of nitrogens with one attached hydrogen (secondary N) is 2. The third-order valence-electron chi connectivity index (χ3n) is 3.50. The van der Waals surface area contributed by atoms with Crippen LogP contribution in [-0.4, -0.2) is 48.8 Å². The van der Waals surface area contributed by atoms with Crippen LogP contribution in [-0.2, 0) is 6.42 Å². The highest BCUT2D eigenvalue weighted by Gasteiger charge is 2.15. The van der Waals surface area contributed by atoms with Crippen LogP contribution in [0.15, 0.2) is 23.2 Å². The second-order valence-electron chi connectivity index (χ2n) is 5.80. The molecule has 0 aliphatic heterocycles. The average Bonchev–Trinajstić information content (AvgIpc) is 2.54. The number of phenols is 1. The Morgan fingerprint density at radius 3 is 2.62 bits per heavy atom. The maximum absolute atomic E-state index is 10.1. The molecule has 0 radical (unpaired) electrons. The van der Waals surface area contributed by atoms with Crippen molar-refractivity contribution >= 4 is 41.7 Å². The molecule has 0 spiro atoms. The molecule has 0 bridgehead atoms. The number of aromatic hydroxyl groups is 1. The number of aliphatic imine (C=N–C) groups is 1. The van der Waals surface area contributed by atoms with E-state index in [0.717, 1.165) is 24.6 Å². The first-order valence-corrected chi connectivity index (χ1v) is 9.08. The summed E-state index contributed by atoms with van der Waals surface area (Å²) < 4.78 is 5.25. The first kappa shape index (κ1) is 23.2. The van der Waals surface area contributed by atoms with E-state index in [-0.39, 0.29) is 34.5 Å². The number of rotatable bonds is 8. The van der Waals surface area contributed by atoms with Crippen LogP contribution in [0.3, 0.4) is 0 Å². The van der Waals surface area contributed by atoms with Crippen molar-refractivity contribution in [1.82, 2.24) is 10.6 Å². The topological polar surface area (TPSA) is 65.9 Å².